The summed E-state index contributed by atoms with van der Waals surface area (Å²) in [5.74, 6) is 1.80. The van der Waals surface area contributed by atoms with Gasteiger partial charge in [0, 0.05) is 0 Å². The summed E-state index contributed by atoms with van der Waals surface area (Å²) in [7, 11) is 0. The Morgan fingerprint density at radius 2 is 1.86 bits per heavy atom. The van der Waals surface area contributed by atoms with Gasteiger partial charge >= 0.3 is 0 Å². The maximum absolute atomic E-state index is 9.39. The van der Waals surface area contributed by atoms with Crippen molar-refractivity contribution in [3.05, 3.63) is 0 Å². The number of rotatable bonds is 1. The molecule has 4 aliphatic rings. The van der Waals surface area contributed by atoms with Crippen LogP contribution in [0.15, 0.2) is 0 Å². The topological polar surface area (TPSA) is 23.8 Å². The first-order valence-electron chi connectivity index (χ1n) is 6.11. The van der Waals surface area contributed by atoms with Crippen molar-refractivity contribution in [2.45, 2.75) is 51.9 Å². The first-order chi connectivity index (χ1) is 6.69. The van der Waals surface area contributed by atoms with E-state index in [1.54, 1.807) is 0 Å². The van der Waals surface area contributed by atoms with Crippen LogP contribution in [0.25, 0.3) is 0 Å². The molecule has 0 aromatic heterocycles. The zero-order valence-corrected chi connectivity index (χ0v) is 9.05. The molecular weight excluding hydrogens is 170 g/mol. The van der Waals surface area contributed by atoms with Crippen LogP contribution in [0.3, 0.4) is 0 Å². The van der Waals surface area contributed by atoms with Gasteiger partial charge in [-0.1, -0.05) is 13.3 Å². The van der Waals surface area contributed by atoms with Crippen LogP contribution in [0, 0.1) is 34.0 Å². The molecule has 0 amide bonds. The Hall–Kier alpha value is -0.510. The predicted octanol–water partition coefficient (Wildman–Crippen LogP) is 3.51. The van der Waals surface area contributed by atoms with E-state index >= 15 is 0 Å². The summed E-state index contributed by atoms with van der Waals surface area (Å²) in [5.41, 5.74) is 0.694. The van der Waals surface area contributed by atoms with E-state index in [0.717, 1.165) is 11.8 Å². The van der Waals surface area contributed by atoms with Crippen LogP contribution in [0.2, 0.25) is 0 Å². The first kappa shape index (κ1) is 8.77. The van der Waals surface area contributed by atoms with E-state index in [0.29, 0.717) is 5.41 Å². The molecule has 2 unspecified atom stereocenters. The zero-order chi connectivity index (χ0) is 9.81. The molecule has 0 saturated heterocycles. The van der Waals surface area contributed by atoms with Gasteiger partial charge in [0.2, 0.25) is 0 Å². The predicted molar refractivity (Wildman–Crippen MR) is 55.5 cm³/mol. The smallest absolute Gasteiger partial charge is 0.0690 e. The molecule has 4 bridgehead atoms. The minimum atomic E-state index is 0.111. The average molecular weight is 189 g/mol. The Kier molecular flexibility index (Phi) is 1.59. The molecular formula is C13H19N. The van der Waals surface area contributed by atoms with Crippen molar-refractivity contribution < 1.29 is 0 Å². The molecule has 0 N–H and O–H groups in total. The van der Waals surface area contributed by atoms with Gasteiger partial charge in [-0.2, -0.15) is 5.26 Å². The van der Waals surface area contributed by atoms with Crippen molar-refractivity contribution in [3.8, 4) is 6.07 Å². The molecule has 1 heteroatoms. The molecule has 1 nitrogen and oxygen atoms in total. The van der Waals surface area contributed by atoms with Crippen LogP contribution in [0.4, 0.5) is 0 Å². The Labute approximate surface area is 86.5 Å². The molecule has 0 aliphatic heterocycles. The zero-order valence-electron chi connectivity index (χ0n) is 9.05. The summed E-state index contributed by atoms with van der Waals surface area (Å²) in [6, 6.07) is 2.67. The highest BCUT2D eigenvalue weighted by Gasteiger charge is 2.57. The van der Waals surface area contributed by atoms with Crippen molar-refractivity contribution in [2.75, 3.05) is 0 Å². The standard InChI is InChI=1S/C13H19N/c1-2-12-4-10-3-11(5-12)7-13(6-10,8-12)9-14/h10-11H,2-8H2,1H3. The fraction of sp³-hybridized carbons (Fsp3) is 0.923. The Bertz CT molecular complexity index is 285. The van der Waals surface area contributed by atoms with Crippen LogP contribution < -0.4 is 0 Å². The van der Waals surface area contributed by atoms with Gasteiger partial charge in [0.15, 0.2) is 0 Å². The summed E-state index contributed by atoms with van der Waals surface area (Å²) in [6.07, 6.45) is 9.28. The van der Waals surface area contributed by atoms with Gasteiger partial charge in [0.05, 0.1) is 11.5 Å². The minimum Gasteiger partial charge on any atom is -0.198 e. The number of nitrogens with zero attached hydrogens (tertiary/aromatic N) is 1. The van der Waals surface area contributed by atoms with Gasteiger partial charge in [0.1, 0.15) is 0 Å². The molecule has 2 atom stereocenters. The maximum Gasteiger partial charge on any atom is 0.0690 e. The molecule has 76 valence electrons. The molecule has 0 radical (unpaired) electrons. The number of hydrogen-bond donors (Lipinski definition) is 0. The summed E-state index contributed by atoms with van der Waals surface area (Å²) in [6.45, 7) is 2.33. The molecule has 4 fully saturated rings. The fourth-order valence-corrected chi connectivity index (χ4v) is 5.00. The Morgan fingerprint density at radius 1 is 1.21 bits per heavy atom. The van der Waals surface area contributed by atoms with Gasteiger partial charge in [0.25, 0.3) is 0 Å². The lowest BCUT2D eigenvalue weighted by Gasteiger charge is -2.59. The van der Waals surface area contributed by atoms with Gasteiger partial charge in [-0.05, 0) is 55.8 Å². The SMILES string of the molecule is CCC12CC3CC(CC(C#N)(C3)C1)C2. The summed E-state index contributed by atoms with van der Waals surface area (Å²) in [5, 5.41) is 9.39. The van der Waals surface area contributed by atoms with Crippen molar-refractivity contribution in [1.29, 1.82) is 5.26 Å². The van der Waals surface area contributed by atoms with Gasteiger partial charge in [-0.3, -0.25) is 0 Å². The fourth-order valence-electron chi connectivity index (χ4n) is 5.00. The maximum atomic E-state index is 9.39. The van der Waals surface area contributed by atoms with Crippen molar-refractivity contribution >= 4 is 0 Å². The lowest BCUT2D eigenvalue weighted by Crippen LogP contribution is -2.51. The summed E-state index contributed by atoms with van der Waals surface area (Å²) < 4.78 is 0. The third kappa shape index (κ3) is 1.00. The molecule has 0 spiro atoms. The normalized spacial score (nSPS) is 54.6. The second-order valence-corrected chi connectivity index (χ2v) is 6.21. The van der Waals surface area contributed by atoms with E-state index in [1.165, 1.54) is 44.9 Å². The van der Waals surface area contributed by atoms with Crippen LogP contribution in [0.5, 0.6) is 0 Å². The van der Waals surface area contributed by atoms with E-state index in [4.69, 9.17) is 0 Å². The van der Waals surface area contributed by atoms with Crippen LogP contribution >= 0.6 is 0 Å². The van der Waals surface area contributed by atoms with Crippen molar-refractivity contribution in [3.63, 3.8) is 0 Å². The molecule has 4 rings (SSSR count). The highest BCUT2D eigenvalue weighted by molar-refractivity contribution is 5.14. The second kappa shape index (κ2) is 2.54. The van der Waals surface area contributed by atoms with Crippen LogP contribution in [-0.4, -0.2) is 0 Å². The molecule has 0 aromatic rings. The van der Waals surface area contributed by atoms with Crippen molar-refractivity contribution in [2.24, 2.45) is 22.7 Å². The first-order valence-corrected chi connectivity index (χ1v) is 6.11. The highest BCUT2D eigenvalue weighted by atomic mass is 14.6. The van der Waals surface area contributed by atoms with E-state index in [2.05, 4.69) is 13.0 Å². The molecule has 14 heavy (non-hydrogen) atoms. The number of hydrogen-bond acceptors (Lipinski definition) is 1. The largest absolute Gasteiger partial charge is 0.198 e. The quantitative estimate of drug-likeness (QED) is 0.619. The van der Waals surface area contributed by atoms with Gasteiger partial charge < -0.3 is 0 Å². The van der Waals surface area contributed by atoms with Crippen molar-refractivity contribution in [1.82, 2.24) is 0 Å². The average Bonchev–Trinajstić information content (AvgIpc) is 2.16. The monoisotopic (exact) mass is 189 g/mol. The molecule has 0 heterocycles. The highest BCUT2D eigenvalue weighted by Crippen LogP contribution is 2.65. The van der Waals surface area contributed by atoms with E-state index in [9.17, 15) is 5.26 Å². The lowest BCUT2D eigenvalue weighted by atomic mass is 9.44. The molecule has 4 saturated carbocycles. The summed E-state index contributed by atoms with van der Waals surface area (Å²) >= 11 is 0. The third-order valence-corrected chi connectivity index (χ3v) is 5.17. The van der Waals surface area contributed by atoms with Crippen LogP contribution in [-0.2, 0) is 0 Å². The molecule has 0 aromatic carbocycles. The van der Waals surface area contributed by atoms with E-state index in [1.807, 2.05) is 0 Å². The minimum absolute atomic E-state index is 0.111. The van der Waals surface area contributed by atoms with Gasteiger partial charge in [-0.25, -0.2) is 0 Å². The Morgan fingerprint density at radius 3 is 2.36 bits per heavy atom. The second-order valence-electron chi connectivity index (χ2n) is 6.21. The number of nitriles is 1. The molecule has 4 aliphatic carbocycles. The Balaban J connectivity index is 1.99. The van der Waals surface area contributed by atoms with Gasteiger partial charge in [-0.15, -0.1) is 0 Å². The summed E-state index contributed by atoms with van der Waals surface area (Å²) in [4.78, 5) is 0. The lowest BCUT2D eigenvalue weighted by molar-refractivity contribution is -0.0855. The van der Waals surface area contributed by atoms with E-state index in [-0.39, 0.29) is 5.41 Å². The van der Waals surface area contributed by atoms with Crippen LogP contribution in [0.1, 0.15) is 51.9 Å². The third-order valence-electron chi connectivity index (χ3n) is 5.17. The van der Waals surface area contributed by atoms with E-state index < -0.39 is 0 Å².